The number of non-ortho nitro benzene ring substituents is 1. The summed E-state index contributed by atoms with van der Waals surface area (Å²) in [6, 6.07) is 10.3. The number of nitrogens with one attached hydrogen (secondary N) is 2. The number of rotatable bonds is 3. The fraction of sp³-hybridized carbons (Fsp3) is 0.429. The molecule has 10 heteroatoms. The zero-order chi connectivity index (χ0) is 22.8. The summed E-state index contributed by atoms with van der Waals surface area (Å²) in [6.45, 7) is 0.837. The summed E-state index contributed by atoms with van der Waals surface area (Å²) in [7, 11) is 3.75. The molecular weight excluding hydrogens is 423 g/mol. The van der Waals surface area contributed by atoms with Crippen molar-refractivity contribution in [2.24, 2.45) is 0 Å². The van der Waals surface area contributed by atoms with Crippen LogP contribution in [0.3, 0.4) is 0 Å². The average molecular weight is 452 g/mol. The molecular formula is C21H28FN4O4S-. The largest absolute Gasteiger partial charge is 0.768 e. The second-order valence-corrected chi connectivity index (χ2v) is 8.18. The Labute approximate surface area is 184 Å². The molecule has 2 aromatic rings. The first-order chi connectivity index (χ1) is 14.9. The van der Waals surface area contributed by atoms with Crippen molar-refractivity contribution >= 4 is 28.1 Å². The van der Waals surface area contributed by atoms with Crippen LogP contribution in [0.4, 0.5) is 21.5 Å². The summed E-state index contributed by atoms with van der Waals surface area (Å²) >= 11 is -2.32. The lowest BCUT2D eigenvalue weighted by Crippen LogP contribution is -2.36. The molecule has 2 aromatic carbocycles. The van der Waals surface area contributed by atoms with Gasteiger partial charge in [-0.3, -0.25) is 14.3 Å². The van der Waals surface area contributed by atoms with Crippen LogP contribution in [0.25, 0.3) is 0 Å². The highest BCUT2D eigenvalue weighted by molar-refractivity contribution is 7.79. The summed E-state index contributed by atoms with van der Waals surface area (Å²) in [6.07, 6.45) is 6.47. The maximum atomic E-state index is 13.2. The molecule has 1 aliphatic carbocycles. The maximum Gasteiger partial charge on any atom is 0.269 e. The monoisotopic (exact) mass is 451 g/mol. The Hall–Kier alpha value is -2.56. The summed E-state index contributed by atoms with van der Waals surface area (Å²) in [5.41, 5.74) is 2.00. The predicted octanol–water partition coefficient (Wildman–Crippen LogP) is 4.02. The number of nitro groups is 1. The van der Waals surface area contributed by atoms with Gasteiger partial charge in [0.25, 0.3) is 5.69 Å². The van der Waals surface area contributed by atoms with Gasteiger partial charge in [-0.1, -0.05) is 19.3 Å². The van der Waals surface area contributed by atoms with Gasteiger partial charge in [-0.15, -0.1) is 0 Å². The van der Waals surface area contributed by atoms with Crippen LogP contribution in [0.2, 0.25) is 0 Å². The highest BCUT2D eigenvalue weighted by atomic mass is 32.2. The first-order valence-electron chi connectivity index (χ1n) is 10.1. The number of nitro benzene ring substituents is 1. The first kappa shape index (κ1) is 24.7. The Morgan fingerprint density at radius 1 is 1.13 bits per heavy atom. The van der Waals surface area contributed by atoms with Gasteiger partial charge in [0.1, 0.15) is 5.82 Å². The van der Waals surface area contributed by atoms with E-state index in [0.29, 0.717) is 6.04 Å². The van der Waals surface area contributed by atoms with E-state index < -0.39 is 16.0 Å². The van der Waals surface area contributed by atoms with Gasteiger partial charge in [0.05, 0.1) is 23.0 Å². The minimum absolute atomic E-state index is 0.0422. The van der Waals surface area contributed by atoms with Gasteiger partial charge in [-0.2, -0.15) is 0 Å². The smallest absolute Gasteiger partial charge is 0.269 e. The predicted molar refractivity (Wildman–Crippen MR) is 120 cm³/mol. The molecule has 31 heavy (non-hydrogen) atoms. The van der Waals surface area contributed by atoms with Crippen LogP contribution in [-0.4, -0.2) is 40.5 Å². The normalized spacial score (nSPS) is 16.1. The molecule has 1 atom stereocenters. The van der Waals surface area contributed by atoms with Gasteiger partial charge in [0.2, 0.25) is 0 Å². The Bertz CT molecular complexity index is 843. The second kappa shape index (κ2) is 12.3. The van der Waals surface area contributed by atoms with Crippen molar-refractivity contribution in [1.29, 1.82) is 0 Å². The lowest BCUT2D eigenvalue weighted by atomic mass is 9.94. The van der Waals surface area contributed by atoms with Gasteiger partial charge in [0, 0.05) is 23.1 Å². The fourth-order valence-corrected chi connectivity index (χ4v) is 3.90. The number of nitrogens with zero attached hydrogens (tertiary/aromatic N) is 2. The van der Waals surface area contributed by atoms with Crippen molar-refractivity contribution in [3.05, 3.63) is 58.4 Å². The molecule has 0 spiro atoms. The molecule has 0 radical (unpaired) electrons. The SMILES string of the molecule is CNC.Fc1ccc2c(c1)N(C1CCCCC1)CN2.O=[N+]([O-])c1ccc(S(=O)[O-])cc1. The molecule has 170 valence electrons. The number of fused-ring (bicyclic) bond motifs is 1. The molecule has 0 amide bonds. The summed E-state index contributed by atoms with van der Waals surface area (Å²) in [4.78, 5) is 11.9. The van der Waals surface area contributed by atoms with Crippen LogP contribution in [0.15, 0.2) is 47.4 Å². The van der Waals surface area contributed by atoms with Gasteiger partial charge >= 0.3 is 0 Å². The number of anilines is 2. The van der Waals surface area contributed by atoms with Crippen molar-refractivity contribution in [2.75, 3.05) is 31.0 Å². The number of halogens is 1. The van der Waals surface area contributed by atoms with E-state index >= 15 is 0 Å². The van der Waals surface area contributed by atoms with E-state index in [4.69, 9.17) is 0 Å². The highest BCUT2D eigenvalue weighted by Crippen LogP contribution is 2.36. The van der Waals surface area contributed by atoms with Gasteiger partial charge in [-0.05, 0) is 68.3 Å². The van der Waals surface area contributed by atoms with E-state index in [9.17, 15) is 23.3 Å². The van der Waals surface area contributed by atoms with Crippen LogP contribution >= 0.6 is 0 Å². The fourth-order valence-electron chi connectivity index (χ4n) is 3.54. The van der Waals surface area contributed by atoms with E-state index in [1.807, 2.05) is 20.2 Å². The van der Waals surface area contributed by atoms with Crippen molar-refractivity contribution in [2.45, 2.75) is 43.0 Å². The minimum atomic E-state index is -2.32. The Morgan fingerprint density at radius 2 is 1.74 bits per heavy atom. The molecule has 1 aliphatic heterocycles. The highest BCUT2D eigenvalue weighted by Gasteiger charge is 2.27. The molecule has 0 saturated heterocycles. The lowest BCUT2D eigenvalue weighted by molar-refractivity contribution is -0.384. The van der Waals surface area contributed by atoms with Crippen LogP contribution < -0.4 is 15.5 Å². The molecule has 8 nitrogen and oxygen atoms in total. The van der Waals surface area contributed by atoms with Crippen molar-refractivity contribution < 1.29 is 18.1 Å². The number of hydrogen-bond donors (Lipinski definition) is 2. The van der Waals surface area contributed by atoms with Gasteiger partial charge in [-0.25, -0.2) is 4.39 Å². The van der Waals surface area contributed by atoms with Crippen LogP contribution in [0.1, 0.15) is 32.1 Å². The van der Waals surface area contributed by atoms with E-state index in [-0.39, 0.29) is 16.4 Å². The third-order valence-corrected chi connectivity index (χ3v) is 5.62. The van der Waals surface area contributed by atoms with Crippen molar-refractivity contribution in [1.82, 2.24) is 5.32 Å². The van der Waals surface area contributed by atoms with Crippen LogP contribution in [0.5, 0.6) is 0 Å². The molecule has 2 N–H and O–H groups in total. The summed E-state index contributed by atoms with van der Waals surface area (Å²) in [5, 5.41) is 16.2. The summed E-state index contributed by atoms with van der Waals surface area (Å²) < 4.78 is 33.9. The van der Waals surface area contributed by atoms with E-state index in [1.165, 1.54) is 50.3 Å². The Balaban J connectivity index is 0.000000203. The van der Waals surface area contributed by atoms with Crippen molar-refractivity contribution in [3.8, 4) is 0 Å². The Morgan fingerprint density at radius 3 is 2.29 bits per heavy atom. The zero-order valence-electron chi connectivity index (χ0n) is 17.7. The number of benzene rings is 2. The van der Waals surface area contributed by atoms with E-state index in [0.717, 1.165) is 30.2 Å². The molecule has 2 aliphatic rings. The third-order valence-electron chi connectivity index (χ3n) is 4.96. The van der Waals surface area contributed by atoms with Crippen LogP contribution in [0, 0.1) is 15.9 Å². The van der Waals surface area contributed by atoms with Crippen molar-refractivity contribution in [3.63, 3.8) is 0 Å². The maximum absolute atomic E-state index is 13.2. The minimum Gasteiger partial charge on any atom is -0.768 e. The van der Waals surface area contributed by atoms with E-state index in [1.54, 1.807) is 6.07 Å². The molecule has 1 fully saturated rings. The molecule has 1 heterocycles. The molecule has 1 unspecified atom stereocenters. The molecule has 1 saturated carbocycles. The standard InChI is InChI=1S/C13H17FN2.C6H5NO4S.C2H7N/c14-10-6-7-12-13(8-10)16(9-15-12)11-4-2-1-3-5-11;8-7(9)5-1-3-6(4-2-5)12(10)11;1-3-2/h6-8,11,15H,1-5,9H2;1-4H,(H,10,11);3H,1-2H3/p-1. The molecule has 0 bridgehead atoms. The second-order valence-electron chi connectivity index (χ2n) is 7.24. The first-order valence-corrected chi connectivity index (χ1v) is 11.2. The van der Waals surface area contributed by atoms with Gasteiger partial charge < -0.3 is 20.1 Å². The lowest BCUT2D eigenvalue weighted by Gasteiger charge is -2.32. The zero-order valence-corrected chi connectivity index (χ0v) is 18.5. The van der Waals surface area contributed by atoms with Gasteiger partial charge in [0.15, 0.2) is 0 Å². The Kier molecular flexibility index (Phi) is 9.83. The molecule has 4 rings (SSSR count). The van der Waals surface area contributed by atoms with Crippen LogP contribution in [-0.2, 0) is 11.1 Å². The third kappa shape index (κ3) is 7.27. The number of hydrogen-bond acceptors (Lipinski definition) is 7. The summed E-state index contributed by atoms with van der Waals surface area (Å²) in [5.74, 6) is -0.136. The molecule has 0 aromatic heterocycles. The quantitative estimate of drug-likeness (QED) is 0.412. The average Bonchev–Trinajstić information content (AvgIpc) is 3.18. The topological polar surface area (TPSA) is 111 Å². The van der Waals surface area contributed by atoms with E-state index in [2.05, 4.69) is 15.5 Å².